The molecule has 10 nitrogen and oxygen atoms in total. The molecule has 5 atom stereocenters. The number of rotatable bonds is 10. The molecule has 1 saturated heterocycles. The molecule has 1 fully saturated rings. The van der Waals surface area contributed by atoms with Gasteiger partial charge in [0.2, 0.25) is 6.29 Å². The van der Waals surface area contributed by atoms with Gasteiger partial charge in [-0.05, 0) is 16.7 Å². The number of carbonyl (C=O) groups excluding carboxylic acids is 4. The summed E-state index contributed by atoms with van der Waals surface area (Å²) in [7, 11) is 0. The van der Waals surface area contributed by atoms with E-state index < -0.39 is 60.2 Å². The Balaban J connectivity index is 1.99. The molecular weight excluding hydrogens is 556 g/mol. The zero-order valence-electron chi connectivity index (χ0n) is 24.3. The molecule has 1 aliphatic rings. The molecule has 0 spiro atoms. The molecular formula is C33H34O10. The maximum atomic E-state index is 12.5. The smallest absolute Gasteiger partial charge is 0.305 e. The second-order valence-corrected chi connectivity index (χ2v) is 9.96. The van der Waals surface area contributed by atoms with Crippen LogP contribution >= 0.6 is 0 Å². The third-order valence-corrected chi connectivity index (χ3v) is 6.78. The Morgan fingerprint density at radius 1 is 0.581 bits per heavy atom. The highest BCUT2D eigenvalue weighted by Crippen LogP contribution is 2.44. The van der Waals surface area contributed by atoms with Crippen LogP contribution in [0.1, 0.15) is 44.4 Å². The van der Waals surface area contributed by atoms with Gasteiger partial charge in [0.25, 0.3) is 0 Å². The third kappa shape index (κ3) is 7.46. The van der Waals surface area contributed by atoms with E-state index in [4.69, 9.17) is 28.4 Å². The summed E-state index contributed by atoms with van der Waals surface area (Å²) in [4.78, 5) is 48.9. The van der Waals surface area contributed by atoms with Crippen LogP contribution in [-0.2, 0) is 53.2 Å². The normalized spacial score (nSPS) is 21.7. The molecule has 1 aliphatic heterocycles. The van der Waals surface area contributed by atoms with E-state index >= 15 is 0 Å². The fourth-order valence-corrected chi connectivity index (χ4v) is 5.18. The van der Waals surface area contributed by atoms with Crippen LogP contribution in [-0.4, -0.2) is 61.2 Å². The number of carbonyl (C=O) groups is 4. The minimum absolute atomic E-state index is 0.368. The second kappa shape index (κ2) is 14.1. The molecule has 43 heavy (non-hydrogen) atoms. The highest BCUT2D eigenvalue weighted by atomic mass is 16.7. The number of hydrogen-bond acceptors (Lipinski definition) is 10. The molecule has 0 amide bonds. The molecule has 10 heteroatoms. The first-order valence-electron chi connectivity index (χ1n) is 13.8. The van der Waals surface area contributed by atoms with E-state index in [0.717, 1.165) is 0 Å². The third-order valence-electron chi connectivity index (χ3n) is 6.78. The molecule has 0 N–H and O–H groups in total. The first kappa shape index (κ1) is 31.4. The summed E-state index contributed by atoms with van der Waals surface area (Å²) in [5, 5.41) is 0. The van der Waals surface area contributed by atoms with E-state index in [0.29, 0.717) is 16.7 Å². The van der Waals surface area contributed by atoms with Crippen molar-refractivity contribution >= 4 is 23.9 Å². The molecule has 3 aromatic carbocycles. The highest BCUT2D eigenvalue weighted by Gasteiger charge is 2.56. The van der Waals surface area contributed by atoms with Crippen molar-refractivity contribution in [2.24, 2.45) is 0 Å². The van der Waals surface area contributed by atoms with Crippen molar-refractivity contribution in [1.82, 2.24) is 0 Å². The van der Waals surface area contributed by atoms with E-state index in [2.05, 4.69) is 0 Å². The van der Waals surface area contributed by atoms with Crippen molar-refractivity contribution in [3.8, 4) is 0 Å². The maximum Gasteiger partial charge on any atom is 0.305 e. The van der Waals surface area contributed by atoms with Crippen molar-refractivity contribution in [1.29, 1.82) is 0 Å². The Bertz CT molecular complexity index is 1300. The summed E-state index contributed by atoms with van der Waals surface area (Å²) in [6.45, 7) is 4.41. The van der Waals surface area contributed by atoms with Crippen molar-refractivity contribution in [2.45, 2.75) is 64.0 Å². The largest absolute Gasteiger partial charge is 0.463 e. The van der Waals surface area contributed by atoms with Crippen molar-refractivity contribution < 1.29 is 47.6 Å². The minimum Gasteiger partial charge on any atom is -0.463 e. The van der Waals surface area contributed by atoms with Gasteiger partial charge in [-0.1, -0.05) is 91.0 Å². The number of ether oxygens (including phenoxy) is 6. The molecule has 4 rings (SSSR count). The fourth-order valence-electron chi connectivity index (χ4n) is 5.18. The number of esters is 4. The molecule has 0 radical (unpaired) electrons. The van der Waals surface area contributed by atoms with Crippen LogP contribution in [0.5, 0.6) is 0 Å². The summed E-state index contributed by atoms with van der Waals surface area (Å²) in [5.74, 6) is -2.74. The quantitative estimate of drug-likeness (QED) is 0.194. The van der Waals surface area contributed by atoms with E-state index in [1.807, 2.05) is 91.0 Å². The average molecular weight is 591 g/mol. The lowest BCUT2D eigenvalue weighted by atomic mass is 9.79. The Labute approximate surface area is 249 Å². The predicted molar refractivity (Wildman–Crippen MR) is 152 cm³/mol. The van der Waals surface area contributed by atoms with Crippen molar-refractivity contribution in [2.75, 3.05) is 6.61 Å². The first-order valence-corrected chi connectivity index (χ1v) is 13.8. The Kier molecular flexibility index (Phi) is 10.3. The molecule has 0 aliphatic carbocycles. The molecule has 0 aromatic heterocycles. The van der Waals surface area contributed by atoms with Gasteiger partial charge < -0.3 is 28.4 Å². The molecule has 3 aromatic rings. The standard InChI is InChI=1S/C33H34O10/c1-21(34)38-20-28-29(39-22(2)35)30(31(40-23(3)36)32(42-28)41-24(4)37)43-33(25-14-8-5-9-15-25,26-16-10-6-11-17-26)27-18-12-7-13-19-27/h5-19,28-32H,20H2,1-4H3/t28-,29-,30+,31-,32+/m1/s1. The van der Waals surface area contributed by atoms with Crippen LogP contribution < -0.4 is 0 Å². The summed E-state index contributed by atoms with van der Waals surface area (Å²) >= 11 is 0. The van der Waals surface area contributed by atoms with E-state index in [-0.39, 0.29) is 6.61 Å². The molecule has 0 saturated carbocycles. The SMILES string of the molecule is CC(=O)OC[C@H]1O[C@H](OC(C)=O)[C@H](OC(C)=O)[C@@H](OC(c2ccccc2)(c2ccccc2)c2ccccc2)[C@@H]1OC(C)=O. The van der Waals surface area contributed by atoms with Crippen molar-refractivity contribution in [3.05, 3.63) is 108 Å². The molecule has 1 heterocycles. The van der Waals surface area contributed by atoms with Gasteiger partial charge in [0.1, 0.15) is 24.4 Å². The predicted octanol–water partition coefficient (Wildman–Crippen LogP) is 4.08. The average Bonchev–Trinajstić information content (AvgIpc) is 2.98. The highest BCUT2D eigenvalue weighted by molar-refractivity contribution is 5.68. The van der Waals surface area contributed by atoms with E-state index in [1.54, 1.807) is 0 Å². The lowest BCUT2D eigenvalue weighted by Gasteiger charge is -2.48. The Hall–Kier alpha value is -4.54. The zero-order chi connectivity index (χ0) is 31.0. The van der Waals surface area contributed by atoms with Gasteiger partial charge in [-0.15, -0.1) is 0 Å². The van der Waals surface area contributed by atoms with E-state index in [1.165, 1.54) is 27.7 Å². The molecule has 0 bridgehead atoms. The summed E-state index contributed by atoms with van der Waals surface area (Å²) in [6.07, 6.45) is -6.61. The van der Waals surface area contributed by atoms with Gasteiger partial charge in [-0.2, -0.15) is 0 Å². The lowest BCUT2D eigenvalue weighted by Crippen LogP contribution is -2.64. The van der Waals surface area contributed by atoms with Gasteiger partial charge in [0.05, 0.1) is 0 Å². The molecule has 0 unspecified atom stereocenters. The van der Waals surface area contributed by atoms with Gasteiger partial charge in [0, 0.05) is 27.7 Å². The van der Waals surface area contributed by atoms with Gasteiger partial charge in [0.15, 0.2) is 12.2 Å². The van der Waals surface area contributed by atoms with Gasteiger partial charge in [-0.3, -0.25) is 19.2 Å². The van der Waals surface area contributed by atoms with E-state index in [9.17, 15) is 19.2 Å². The van der Waals surface area contributed by atoms with Gasteiger partial charge in [-0.25, -0.2) is 0 Å². The fraction of sp³-hybridized carbons (Fsp3) is 0.333. The van der Waals surface area contributed by atoms with Crippen molar-refractivity contribution in [3.63, 3.8) is 0 Å². The Morgan fingerprint density at radius 3 is 1.40 bits per heavy atom. The van der Waals surface area contributed by atoms with Crippen LogP contribution in [0.25, 0.3) is 0 Å². The van der Waals surface area contributed by atoms with Crippen LogP contribution in [0, 0.1) is 0 Å². The number of benzene rings is 3. The maximum absolute atomic E-state index is 12.5. The first-order chi connectivity index (χ1) is 20.6. The van der Waals surface area contributed by atoms with Crippen LogP contribution in [0.3, 0.4) is 0 Å². The van der Waals surface area contributed by atoms with Gasteiger partial charge >= 0.3 is 23.9 Å². The zero-order valence-corrected chi connectivity index (χ0v) is 24.3. The van der Waals surface area contributed by atoms with Crippen LogP contribution in [0.4, 0.5) is 0 Å². The Morgan fingerprint density at radius 2 is 1.00 bits per heavy atom. The second-order valence-electron chi connectivity index (χ2n) is 9.96. The summed E-state index contributed by atoms with van der Waals surface area (Å²) < 4.78 is 35.3. The monoisotopic (exact) mass is 590 g/mol. The number of hydrogen-bond donors (Lipinski definition) is 0. The van der Waals surface area contributed by atoms with Crippen LogP contribution in [0.2, 0.25) is 0 Å². The summed E-state index contributed by atoms with van der Waals surface area (Å²) in [6, 6.07) is 28.1. The minimum atomic E-state index is -1.49. The summed E-state index contributed by atoms with van der Waals surface area (Å²) in [5.41, 5.74) is 0.767. The lowest BCUT2D eigenvalue weighted by molar-refractivity contribution is -0.313. The topological polar surface area (TPSA) is 124 Å². The molecule has 226 valence electrons. The van der Waals surface area contributed by atoms with Crippen LogP contribution in [0.15, 0.2) is 91.0 Å².